The van der Waals surface area contributed by atoms with Gasteiger partial charge in [-0.1, -0.05) is 71.9 Å². The number of hydrogen-bond acceptors (Lipinski definition) is 1. The minimum atomic E-state index is -0.0876. The van der Waals surface area contributed by atoms with Crippen LogP contribution >= 0.6 is 0 Å². The molecular formula is C20H28Cl2OTi+. The summed E-state index contributed by atoms with van der Waals surface area (Å²) >= 11 is 0. The van der Waals surface area contributed by atoms with Crippen LogP contribution < -0.4 is 24.8 Å². The molecule has 131 valence electrons. The fourth-order valence-electron chi connectivity index (χ4n) is 3.21. The first-order chi connectivity index (χ1) is 9.53. The number of phenols is 1. The van der Waals surface area contributed by atoms with Gasteiger partial charge in [-0.3, -0.25) is 0 Å². The smallest absolute Gasteiger partial charge is 1.00 e. The second-order valence-corrected chi connectivity index (χ2v) is 8.17. The normalized spacial score (nSPS) is 14.0. The van der Waals surface area contributed by atoms with E-state index in [1.165, 1.54) is 11.1 Å². The van der Waals surface area contributed by atoms with Gasteiger partial charge in [0.15, 0.2) is 0 Å². The van der Waals surface area contributed by atoms with Gasteiger partial charge in [-0.25, -0.2) is 0 Å². The number of aromatic hydroxyl groups is 1. The van der Waals surface area contributed by atoms with E-state index in [1.54, 1.807) is 0 Å². The summed E-state index contributed by atoms with van der Waals surface area (Å²) in [4.78, 5) is 0. The zero-order valence-electron chi connectivity index (χ0n) is 15.7. The van der Waals surface area contributed by atoms with Crippen LogP contribution in [0, 0.1) is 6.92 Å². The molecule has 0 spiro atoms. The van der Waals surface area contributed by atoms with Crippen molar-refractivity contribution in [1.29, 1.82) is 0 Å². The average molecular weight is 403 g/mol. The first-order valence-corrected chi connectivity index (χ1v) is 7.76. The Balaban J connectivity index is 0. The van der Waals surface area contributed by atoms with Gasteiger partial charge in [0.05, 0.1) is 0 Å². The maximum atomic E-state index is 11.0. The first-order valence-electron chi connectivity index (χ1n) is 7.76. The van der Waals surface area contributed by atoms with Gasteiger partial charge in [-0.2, -0.15) is 0 Å². The molecule has 1 aliphatic carbocycles. The monoisotopic (exact) mass is 402 g/mol. The predicted molar refractivity (Wildman–Crippen MR) is 91.3 cm³/mol. The summed E-state index contributed by atoms with van der Waals surface area (Å²) in [6, 6.07) is 2.17. The van der Waals surface area contributed by atoms with Crippen LogP contribution in [0.1, 0.15) is 69.7 Å². The van der Waals surface area contributed by atoms with E-state index >= 15 is 0 Å². The number of benzene rings is 1. The summed E-state index contributed by atoms with van der Waals surface area (Å²) in [5.74, 6) is 0.753. The number of rotatable bonds is 1. The molecule has 24 heavy (non-hydrogen) atoms. The molecule has 4 heteroatoms. The Bertz CT molecular complexity index is 608. The molecule has 0 saturated heterocycles. The van der Waals surface area contributed by atoms with Crippen molar-refractivity contribution in [2.75, 3.05) is 0 Å². The molecule has 1 nitrogen and oxygen atoms in total. The summed E-state index contributed by atoms with van der Waals surface area (Å²) in [5.41, 5.74) is 4.51. The van der Waals surface area contributed by atoms with Gasteiger partial charge in [0.1, 0.15) is 5.75 Å². The van der Waals surface area contributed by atoms with Gasteiger partial charge in [0.25, 0.3) is 0 Å². The van der Waals surface area contributed by atoms with E-state index in [-0.39, 0.29) is 63.3 Å². The summed E-state index contributed by atoms with van der Waals surface area (Å²) < 4.78 is 0. The largest absolute Gasteiger partial charge is 3.00 e. The summed E-state index contributed by atoms with van der Waals surface area (Å²) in [6.45, 7) is 15.2. The second-order valence-electron chi connectivity index (χ2n) is 8.17. The van der Waals surface area contributed by atoms with Gasteiger partial charge >= 0.3 is 21.7 Å². The maximum absolute atomic E-state index is 11.0. The topological polar surface area (TPSA) is 20.2 Å². The molecule has 0 atom stereocenters. The number of hydrogen-bond donors (Lipinski definition) is 1. The van der Waals surface area contributed by atoms with E-state index in [2.05, 4.69) is 78.8 Å². The third kappa shape index (κ3) is 5.15. The van der Waals surface area contributed by atoms with Gasteiger partial charge in [0.2, 0.25) is 0 Å². The number of halogens is 2. The van der Waals surface area contributed by atoms with Crippen LogP contribution in [0.4, 0.5) is 0 Å². The molecule has 1 aromatic carbocycles. The van der Waals surface area contributed by atoms with Gasteiger partial charge in [-0.15, -0.1) is 0 Å². The maximum Gasteiger partial charge on any atom is 3.00 e. The molecule has 1 aromatic rings. The zero-order valence-corrected chi connectivity index (χ0v) is 18.7. The quantitative estimate of drug-likeness (QED) is 0.628. The van der Waals surface area contributed by atoms with E-state index in [4.69, 9.17) is 0 Å². The second kappa shape index (κ2) is 8.94. The van der Waals surface area contributed by atoms with Crippen molar-refractivity contribution in [2.24, 2.45) is 0 Å². The molecule has 0 unspecified atom stereocenters. The Morgan fingerprint density at radius 3 is 1.71 bits per heavy atom. The summed E-state index contributed by atoms with van der Waals surface area (Å²) in [6.07, 6.45) is 8.58. The van der Waals surface area contributed by atoms with E-state index in [0.29, 0.717) is 5.75 Å². The summed E-state index contributed by atoms with van der Waals surface area (Å²) in [7, 11) is 0. The van der Waals surface area contributed by atoms with Crippen LogP contribution in [0.15, 0.2) is 30.4 Å². The first kappa shape index (κ1) is 26.0. The molecule has 1 radical (unpaired) electrons. The van der Waals surface area contributed by atoms with Crippen molar-refractivity contribution in [1.82, 2.24) is 0 Å². The van der Waals surface area contributed by atoms with Crippen molar-refractivity contribution >= 4 is 0 Å². The molecule has 1 aliphatic rings. The van der Waals surface area contributed by atoms with Gasteiger partial charge in [-0.05, 0) is 34.4 Å². The molecular weight excluding hydrogens is 375 g/mol. The van der Waals surface area contributed by atoms with Crippen LogP contribution in [-0.4, -0.2) is 5.11 Å². The van der Waals surface area contributed by atoms with Crippen LogP contribution in [0.2, 0.25) is 0 Å². The Kier molecular flexibility index (Phi) is 9.70. The molecule has 0 heterocycles. The van der Waals surface area contributed by atoms with Crippen LogP contribution in [0.25, 0.3) is 0 Å². The Hall–Kier alpha value is -0.206. The van der Waals surface area contributed by atoms with Gasteiger partial charge in [0, 0.05) is 11.5 Å². The standard InChI is InChI=1S/C20H28O.2ClH.Ti/c1-13-12-15(19(2,3)4)18(21)17(20(5,6)7)16(13)14-10-8-9-11-14;;;/h8-12,14,21H,1-7H3;2*1H;/q;;;+3/p-2. The van der Waals surface area contributed by atoms with E-state index < -0.39 is 0 Å². The average Bonchev–Trinajstić information content (AvgIpc) is 2.81. The van der Waals surface area contributed by atoms with Crippen molar-refractivity contribution in [2.45, 2.75) is 65.2 Å². The third-order valence-electron chi connectivity index (χ3n) is 4.19. The molecule has 0 fully saturated rings. The third-order valence-corrected chi connectivity index (χ3v) is 4.19. The van der Waals surface area contributed by atoms with E-state index in [1.807, 2.05) is 0 Å². The minimum Gasteiger partial charge on any atom is -1.00 e. The SMILES string of the molecule is Cc1cc(C(C)(C)C)c(O)c(C(C)(C)C)c1C1C=CC=C1.[Cl-].[Cl-].[Ti+3]. The molecule has 0 amide bonds. The van der Waals surface area contributed by atoms with Crippen LogP contribution in [0.5, 0.6) is 5.75 Å². The Labute approximate surface area is 174 Å². The molecule has 0 aliphatic heterocycles. The zero-order chi connectivity index (χ0) is 16.0. The Morgan fingerprint density at radius 2 is 1.33 bits per heavy atom. The molecule has 0 bridgehead atoms. The van der Waals surface area contributed by atoms with Crippen molar-refractivity contribution in [3.63, 3.8) is 0 Å². The molecule has 0 saturated carbocycles. The number of phenolic OH excluding ortho intramolecular Hbond substituents is 1. The number of allylic oxidation sites excluding steroid dienone is 4. The molecule has 1 N–H and O–H groups in total. The van der Waals surface area contributed by atoms with Crippen LogP contribution in [-0.2, 0) is 32.5 Å². The number of aryl methyl sites for hydroxylation is 1. The minimum absolute atomic E-state index is 0. The summed E-state index contributed by atoms with van der Waals surface area (Å²) in [5, 5.41) is 11.0. The van der Waals surface area contributed by atoms with Crippen molar-refractivity contribution in [3.05, 3.63) is 52.6 Å². The fraction of sp³-hybridized carbons (Fsp3) is 0.500. The van der Waals surface area contributed by atoms with Crippen molar-refractivity contribution < 1.29 is 51.6 Å². The molecule has 2 rings (SSSR count). The molecule has 0 aromatic heterocycles. The van der Waals surface area contributed by atoms with Crippen LogP contribution in [0.3, 0.4) is 0 Å². The predicted octanol–water partition coefficient (Wildman–Crippen LogP) is -0.489. The van der Waals surface area contributed by atoms with E-state index in [9.17, 15) is 5.11 Å². The van der Waals surface area contributed by atoms with Crippen molar-refractivity contribution in [3.8, 4) is 5.75 Å². The van der Waals surface area contributed by atoms with Gasteiger partial charge < -0.3 is 29.9 Å². The van der Waals surface area contributed by atoms with E-state index in [0.717, 1.165) is 11.1 Å². The fourth-order valence-corrected chi connectivity index (χ4v) is 3.21. The Morgan fingerprint density at radius 1 is 0.875 bits per heavy atom.